The summed E-state index contributed by atoms with van der Waals surface area (Å²) in [6.45, 7) is 0. The Morgan fingerprint density at radius 3 is 1.25 bits per heavy atom. The third-order valence-electron chi connectivity index (χ3n) is 0.727. The van der Waals surface area contributed by atoms with Crippen molar-refractivity contribution < 1.29 is 31.1 Å². The van der Waals surface area contributed by atoms with Gasteiger partial charge in [0.05, 0.1) is 0 Å². The van der Waals surface area contributed by atoms with Crippen molar-refractivity contribution in [1.29, 1.82) is 0 Å². The molecule has 0 aromatic rings. The molecule has 72 valence electrons. The first-order valence-corrected chi connectivity index (χ1v) is 2.30. The van der Waals surface area contributed by atoms with E-state index in [4.69, 9.17) is 0 Å². The molecule has 0 spiro atoms. The second kappa shape index (κ2) is 2.72. The van der Waals surface area contributed by atoms with Gasteiger partial charge in [-0.2, -0.15) is 0 Å². The number of hydrogen-bond donors (Lipinski definition) is 1. The van der Waals surface area contributed by atoms with Gasteiger partial charge in [-0.3, -0.25) is 0 Å². The number of nitrogens with zero attached hydrogens (tertiary/aromatic N) is 1. The smallest absolute Gasteiger partial charge is 0.351 e. The van der Waals surface area contributed by atoms with Crippen LogP contribution in [0.1, 0.15) is 0 Å². The molecule has 0 heterocycles. The van der Waals surface area contributed by atoms with Gasteiger partial charge in [0.2, 0.25) is 0 Å². The minimum Gasteiger partial charge on any atom is -0.351 e. The third kappa shape index (κ3) is 2.47. The predicted molar refractivity (Wildman–Crippen MR) is 23.5 cm³/mol. The van der Waals surface area contributed by atoms with Crippen LogP contribution in [0, 0.1) is 0 Å². The average Bonchev–Trinajstić information content (AvgIpc) is 1.49. The first kappa shape index (κ1) is 10.8. The van der Waals surface area contributed by atoms with Crippen LogP contribution in [-0.2, 0) is 0 Å². The lowest BCUT2D eigenvalue weighted by Gasteiger charge is -2.24. The molecule has 2 amide bonds. The van der Waals surface area contributed by atoms with E-state index in [0.29, 0.717) is 0 Å². The lowest BCUT2D eigenvalue weighted by atomic mass is 10.7. The summed E-state index contributed by atoms with van der Waals surface area (Å²) < 4.78 is 68.2. The van der Waals surface area contributed by atoms with Gasteiger partial charge >= 0.3 is 18.6 Å². The Morgan fingerprint density at radius 1 is 1.00 bits per heavy atom. The molecule has 0 bridgehead atoms. The van der Waals surface area contributed by atoms with Crippen LogP contribution in [0.4, 0.5) is 31.1 Å². The number of carbonyl (C=O) groups excluding carboxylic acids is 1. The van der Waals surface area contributed by atoms with E-state index in [1.165, 1.54) is 0 Å². The first-order valence-electron chi connectivity index (χ1n) is 2.30. The molecular weight excluding hydrogens is 194 g/mol. The third-order valence-corrected chi connectivity index (χ3v) is 0.727. The van der Waals surface area contributed by atoms with Gasteiger partial charge in [0.25, 0.3) is 0 Å². The van der Waals surface area contributed by atoms with E-state index in [1.807, 2.05) is 0 Å². The highest BCUT2D eigenvalue weighted by atomic mass is 19.4. The van der Waals surface area contributed by atoms with Crippen LogP contribution >= 0.6 is 0 Å². The largest absolute Gasteiger partial charge is 0.495 e. The molecule has 0 aliphatic rings. The average molecular weight is 196 g/mol. The van der Waals surface area contributed by atoms with Gasteiger partial charge in [-0.1, -0.05) is 0 Å². The van der Waals surface area contributed by atoms with Crippen LogP contribution in [0.15, 0.2) is 0 Å². The van der Waals surface area contributed by atoms with Crippen molar-refractivity contribution in [2.24, 2.45) is 5.73 Å². The highest BCUT2D eigenvalue weighted by Gasteiger charge is 2.56. The number of halogens is 6. The maximum Gasteiger partial charge on any atom is 0.495 e. The number of primary amides is 1. The Morgan fingerprint density at radius 2 is 1.25 bits per heavy atom. The number of hydrogen-bond acceptors (Lipinski definition) is 1. The molecule has 0 radical (unpaired) electrons. The maximum absolute atomic E-state index is 11.4. The van der Waals surface area contributed by atoms with Gasteiger partial charge in [-0.15, -0.1) is 31.2 Å². The summed E-state index contributed by atoms with van der Waals surface area (Å²) in [6.07, 6.45) is -11.7. The summed E-state index contributed by atoms with van der Waals surface area (Å²) in [5.74, 6) is 0. The summed E-state index contributed by atoms with van der Waals surface area (Å²) in [7, 11) is 0. The molecule has 0 fully saturated rings. The summed E-state index contributed by atoms with van der Waals surface area (Å²) in [6, 6.07) is -2.62. The fourth-order valence-corrected chi connectivity index (χ4v) is 0.394. The highest BCUT2D eigenvalue weighted by Crippen LogP contribution is 2.32. The maximum atomic E-state index is 11.4. The Labute approximate surface area is 61.7 Å². The minimum absolute atomic E-state index is 2.32. The van der Waals surface area contributed by atoms with E-state index >= 15 is 0 Å². The molecule has 0 aliphatic heterocycles. The van der Waals surface area contributed by atoms with E-state index in [0.717, 1.165) is 0 Å². The van der Waals surface area contributed by atoms with Gasteiger partial charge in [-0.05, 0) is 0 Å². The zero-order valence-electron chi connectivity index (χ0n) is 5.20. The monoisotopic (exact) mass is 196 g/mol. The molecule has 0 aromatic heterocycles. The van der Waals surface area contributed by atoms with Crippen molar-refractivity contribution in [2.45, 2.75) is 12.6 Å². The molecule has 0 rings (SSSR count). The van der Waals surface area contributed by atoms with Crippen LogP contribution in [-0.4, -0.2) is 23.5 Å². The van der Waals surface area contributed by atoms with Gasteiger partial charge in [0.15, 0.2) is 0 Å². The quantitative estimate of drug-likeness (QED) is 0.462. The zero-order chi connectivity index (χ0) is 10.2. The Hall–Kier alpha value is -1.15. The molecule has 0 unspecified atom stereocenters. The predicted octanol–water partition coefficient (Wildman–Crippen LogP) is 1.41. The van der Waals surface area contributed by atoms with Gasteiger partial charge in [0, 0.05) is 0 Å². The van der Waals surface area contributed by atoms with Crippen molar-refractivity contribution in [3.63, 3.8) is 0 Å². The van der Waals surface area contributed by atoms with Crippen LogP contribution in [0.25, 0.3) is 0 Å². The molecule has 9 heteroatoms. The molecular formula is C3H2F6N2O. The van der Waals surface area contributed by atoms with Crippen LogP contribution in [0.3, 0.4) is 0 Å². The summed E-state index contributed by atoms with van der Waals surface area (Å²) in [5.41, 5.74) is 3.86. The molecule has 0 aromatic carbocycles. The van der Waals surface area contributed by atoms with Crippen LogP contribution in [0.5, 0.6) is 0 Å². The van der Waals surface area contributed by atoms with Crippen molar-refractivity contribution in [2.75, 3.05) is 0 Å². The van der Waals surface area contributed by atoms with Crippen molar-refractivity contribution in [1.82, 2.24) is 4.90 Å². The Kier molecular flexibility index (Phi) is 2.46. The van der Waals surface area contributed by atoms with Gasteiger partial charge in [0.1, 0.15) is 0 Å². The van der Waals surface area contributed by atoms with Gasteiger partial charge in [-0.25, -0.2) is 4.79 Å². The number of amides is 2. The normalized spacial score (nSPS) is 12.8. The number of rotatable bonds is 0. The van der Waals surface area contributed by atoms with Crippen molar-refractivity contribution in [3.8, 4) is 0 Å². The lowest BCUT2D eigenvalue weighted by Crippen LogP contribution is -2.53. The molecule has 0 saturated carbocycles. The van der Waals surface area contributed by atoms with E-state index < -0.39 is 23.5 Å². The number of nitrogens with two attached hydrogens (primary N) is 1. The first-order chi connectivity index (χ1) is 5.07. The fourth-order valence-electron chi connectivity index (χ4n) is 0.394. The zero-order valence-corrected chi connectivity index (χ0v) is 5.20. The number of urea groups is 1. The van der Waals surface area contributed by atoms with E-state index in [9.17, 15) is 31.1 Å². The molecule has 0 atom stereocenters. The van der Waals surface area contributed by atoms with E-state index in [2.05, 4.69) is 5.73 Å². The minimum atomic E-state index is -5.84. The Balaban J connectivity index is 4.82. The molecule has 12 heavy (non-hydrogen) atoms. The summed E-state index contributed by atoms with van der Waals surface area (Å²) >= 11 is 0. The summed E-state index contributed by atoms with van der Waals surface area (Å²) in [5, 5.41) is 0. The molecule has 0 aliphatic carbocycles. The van der Waals surface area contributed by atoms with Crippen molar-refractivity contribution >= 4 is 6.03 Å². The lowest BCUT2D eigenvalue weighted by molar-refractivity contribution is -0.347. The van der Waals surface area contributed by atoms with Crippen molar-refractivity contribution in [3.05, 3.63) is 0 Å². The number of alkyl halides is 6. The summed E-state index contributed by atoms with van der Waals surface area (Å²) in [4.78, 5) is 7.38. The van der Waals surface area contributed by atoms with Crippen LogP contribution in [0.2, 0.25) is 0 Å². The molecule has 3 nitrogen and oxygen atoms in total. The second-order valence-corrected chi connectivity index (χ2v) is 1.61. The van der Waals surface area contributed by atoms with E-state index in [1.54, 1.807) is 0 Å². The second-order valence-electron chi connectivity index (χ2n) is 1.61. The standard InChI is InChI=1S/C3H2F6N2O/c4-2(5,6)11(1(10)12)3(7,8)9/h(H2,10,12). The van der Waals surface area contributed by atoms with E-state index in [-0.39, 0.29) is 0 Å². The SMILES string of the molecule is NC(=O)N(C(F)(F)F)C(F)(F)F. The van der Waals surface area contributed by atoms with Gasteiger partial charge < -0.3 is 5.73 Å². The Bertz CT molecular complexity index is 168. The number of carbonyl (C=O) groups is 1. The topological polar surface area (TPSA) is 46.3 Å². The molecule has 0 saturated heterocycles. The molecule has 2 N–H and O–H groups in total. The fraction of sp³-hybridized carbons (Fsp3) is 0.667. The highest BCUT2D eigenvalue weighted by molar-refractivity contribution is 5.72. The van der Waals surface area contributed by atoms with Crippen LogP contribution < -0.4 is 5.73 Å².